The number of amides is 2. The number of thiazole rings is 1. The lowest BCUT2D eigenvalue weighted by atomic mass is 9.93. The van der Waals surface area contributed by atoms with Crippen LogP contribution in [0.15, 0.2) is 52.8 Å². The smallest absolute Gasteiger partial charge is 0.267 e. The molecule has 3 N–H and O–H groups in total. The Labute approximate surface area is 335 Å². The third-order valence-corrected chi connectivity index (χ3v) is 10.8. The summed E-state index contributed by atoms with van der Waals surface area (Å²) in [5, 5.41) is 30.0. The number of quaternary nitrogens is 1. The minimum atomic E-state index is -0.363. The van der Waals surface area contributed by atoms with E-state index in [1.54, 1.807) is 42.3 Å². The van der Waals surface area contributed by atoms with Gasteiger partial charge in [-0.2, -0.15) is 0 Å². The molecule has 0 bridgehead atoms. The van der Waals surface area contributed by atoms with Crippen molar-refractivity contribution in [1.29, 1.82) is 0 Å². The molecular weight excluding hydrogens is 747 g/mol. The van der Waals surface area contributed by atoms with Gasteiger partial charge in [-0.15, -0.1) is 16.4 Å². The lowest BCUT2D eigenvalue weighted by Crippen LogP contribution is -2.47. The summed E-state index contributed by atoms with van der Waals surface area (Å²) in [7, 11) is 5.66. The van der Waals surface area contributed by atoms with Crippen LogP contribution in [0.2, 0.25) is 0 Å². The number of aliphatic hydroxyl groups excluding tert-OH is 1. The number of benzene rings is 1. The van der Waals surface area contributed by atoms with Gasteiger partial charge < -0.3 is 24.5 Å². The maximum atomic E-state index is 14.3. The number of carbonyl (C=O) groups is 2. The maximum absolute atomic E-state index is 14.3. The molecule has 1 unspecified atom stereocenters. The molecule has 1 aliphatic rings. The molecule has 1 aromatic carbocycles. The Bertz CT molecular complexity index is 2270. The summed E-state index contributed by atoms with van der Waals surface area (Å²) in [6, 6.07) is 10.8. The first-order valence-corrected chi connectivity index (χ1v) is 20.0. The van der Waals surface area contributed by atoms with Gasteiger partial charge in [-0.25, -0.2) is 14.6 Å². The number of rotatable bonds is 15. The normalized spacial score (nSPS) is 15.0. The molecule has 6 rings (SSSR count). The summed E-state index contributed by atoms with van der Waals surface area (Å²) in [4.78, 5) is 52.5. The summed E-state index contributed by atoms with van der Waals surface area (Å²) in [5.41, 5.74) is 2.32. The van der Waals surface area contributed by atoms with Crippen molar-refractivity contribution in [2.24, 2.45) is 5.92 Å². The number of carbonyl (C=O) groups excluding carboxylic acids is 2. The molecule has 1 aliphatic heterocycles. The van der Waals surface area contributed by atoms with Crippen LogP contribution in [-0.2, 0) is 16.8 Å². The van der Waals surface area contributed by atoms with Crippen LogP contribution in [0.1, 0.15) is 73.0 Å². The molecule has 5 heterocycles. The van der Waals surface area contributed by atoms with Gasteiger partial charge in [0.05, 0.1) is 58.7 Å². The van der Waals surface area contributed by atoms with Crippen LogP contribution in [0.4, 0.5) is 10.9 Å². The highest BCUT2D eigenvalue weighted by molar-refractivity contribution is 7.14. The Kier molecular flexibility index (Phi) is 12.8. The van der Waals surface area contributed by atoms with Gasteiger partial charge in [-0.3, -0.25) is 24.1 Å². The molecule has 2 amide bonds. The Hall–Kier alpha value is -5.52. The molecule has 5 aromatic rings. The monoisotopic (exact) mass is 798 g/mol. The molecule has 1 saturated heterocycles. The van der Waals surface area contributed by atoms with Crippen LogP contribution in [0.3, 0.4) is 0 Å². The molecule has 0 saturated carbocycles. The number of aliphatic hydroxyl groups is 1. The van der Waals surface area contributed by atoms with Crippen molar-refractivity contribution < 1.29 is 23.9 Å². The molecule has 0 radical (unpaired) electrons. The second-order valence-electron chi connectivity index (χ2n) is 16.0. The number of hydrogen-bond acceptors (Lipinski definition) is 12. The number of fused-ring (bicyclic) bond motifs is 1. The zero-order chi connectivity index (χ0) is 40.7. The number of methoxy groups -OCH3 is 1. The van der Waals surface area contributed by atoms with Crippen molar-refractivity contribution in [3.8, 4) is 5.75 Å². The van der Waals surface area contributed by atoms with E-state index in [9.17, 15) is 19.5 Å². The fourth-order valence-corrected chi connectivity index (χ4v) is 7.59. The lowest BCUT2D eigenvalue weighted by molar-refractivity contribution is -0.889. The largest absolute Gasteiger partial charge is 0.497 e. The van der Waals surface area contributed by atoms with Crippen molar-refractivity contribution >= 4 is 51.9 Å². The zero-order valence-electron chi connectivity index (χ0n) is 33.4. The minimum Gasteiger partial charge on any atom is -0.497 e. The SMILES string of the molecule is COc1ccc(Cn2nnnc2/C=C/c2c(N3CCCC(CC(=O)NCC[N+](C)(C)CCO)C3)nc3cc(C(=O)Nc4nc(C(C)(C)C)cs4)ccn3c2=O)cc1. The van der Waals surface area contributed by atoms with E-state index in [1.165, 1.54) is 15.7 Å². The van der Waals surface area contributed by atoms with Crippen LogP contribution in [0.5, 0.6) is 5.75 Å². The van der Waals surface area contributed by atoms with Gasteiger partial charge in [0.25, 0.3) is 11.5 Å². The van der Waals surface area contributed by atoms with Crippen LogP contribution < -0.4 is 25.8 Å². The number of anilines is 2. The number of nitrogens with one attached hydrogen (secondary N) is 2. The van der Waals surface area contributed by atoms with Gasteiger partial charge in [0, 0.05) is 42.1 Å². The highest BCUT2D eigenvalue weighted by Gasteiger charge is 2.27. The van der Waals surface area contributed by atoms with Crippen molar-refractivity contribution in [3.05, 3.63) is 86.5 Å². The van der Waals surface area contributed by atoms with Gasteiger partial charge in [0.1, 0.15) is 23.8 Å². The molecule has 57 heavy (non-hydrogen) atoms. The number of piperidine rings is 1. The Morgan fingerprint density at radius 2 is 1.89 bits per heavy atom. The lowest BCUT2D eigenvalue weighted by Gasteiger charge is -2.34. The number of pyridine rings is 1. The van der Waals surface area contributed by atoms with E-state index in [4.69, 9.17) is 9.72 Å². The Morgan fingerprint density at radius 1 is 1.11 bits per heavy atom. The average molecular weight is 799 g/mol. The summed E-state index contributed by atoms with van der Waals surface area (Å²) in [6.45, 7) is 9.64. The zero-order valence-corrected chi connectivity index (χ0v) is 34.3. The molecule has 1 atom stereocenters. The van der Waals surface area contributed by atoms with Gasteiger partial charge in [-0.1, -0.05) is 32.9 Å². The van der Waals surface area contributed by atoms with Crippen molar-refractivity contribution in [1.82, 2.24) is 39.9 Å². The maximum Gasteiger partial charge on any atom is 0.267 e. The van der Waals surface area contributed by atoms with Gasteiger partial charge in [0.15, 0.2) is 11.0 Å². The van der Waals surface area contributed by atoms with Gasteiger partial charge in [0.2, 0.25) is 5.91 Å². The summed E-state index contributed by atoms with van der Waals surface area (Å²) in [5.74, 6) is 1.27. The Balaban J connectivity index is 1.28. The third-order valence-electron chi connectivity index (χ3n) is 10.1. The Morgan fingerprint density at radius 3 is 2.61 bits per heavy atom. The standard InChI is InChI=1S/C40H51N11O5S/c1-40(2,3)32-26-57-39(42-32)44-37(54)29-15-18-49-34(23-29)43-36(48-17-7-8-28(24-48)22-35(53)41-16-19-51(4,5)20-21-52)31(38(49)55)13-14-33-45-46-47-50(33)25-27-9-11-30(56-6)12-10-27/h9-15,18,23,26,28,52H,7-8,16-17,19-22,24-25H2,1-6H3,(H-,41,42,44,53,54)/p+1/b14-13+. The molecule has 16 nitrogen and oxygen atoms in total. The van der Waals surface area contributed by atoms with Crippen LogP contribution in [-0.4, -0.2) is 117 Å². The topological polar surface area (TPSA) is 182 Å². The van der Waals surface area contributed by atoms with Crippen molar-refractivity contribution in [2.45, 2.75) is 52.0 Å². The van der Waals surface area contributed by atoms with Crippen LogP contribution in [0.25, 0.3) is 17.8 Å². The van der Waals surface area contributed by atoms with Gasteiger partial charge in [-0.05, 0) is 71.2 Å². The first-order chi connectivity index (χ1) is 27.2. The second kappa shape index (κ2) is 17.7. The van der Waals surface area contributed by atoms with Gasteiger partial charge >= 0.3 is 0 Å². The van der Waals surface area contributed by atoms with E-state index in [2.05, 4.69) is 56.8 Å². The molecule has 4 aromatic heterocycles. The van der Waals surface area contributed by atoms with E-state index < -0.39 is 0 Å². The highest BCUT2D eigenvalue weighted by Crippen LogP contribution is 2.29. The number of nitrogens with zero attached hydrogens (tertiary/aromatic N) is 9. The van der Waals surface area contributed by atoms with E-state index >= 15 is 0 Å². The van der Waals surface area contributed by atoms with Crippen LogP contribution >= 0.6 is 11.3 Å². The number of hydrogen-bond donors (Lipinski definition) is 3. The van der Waals surface area contributed by atoms with Crippen molar-refractivity contribution in [2.75, 3.05) is 70.8 Å². The fraction of sp³-hybridized carbons (Fsp3) is 0.450. The quantitative estimate of drug-likeness (QED) is 0.131. The minimum absolute atomic E-state index is 0.0287. The van der Waals surface area contributed by atoms with E-state index in [-0.39, 0.29) is 35.3 Å². The summed E-state index contributed by atoms with van der Waals surface area (Å²) >= 11 is 1.36. The van der Waals surface area contributed by atoms with Crippen LogP contribution in [0, 0.1) is 5.92 Å². The third kappa shape index (κ3) is 10.5. The summed E-state index contributed by atoms with van der Waals surface area (Å²) < 4.78 is 8.95. The predicted octanol–water partition coefficient (Wildman–Crippen LogP) is 3.71. The number of ether oxygens (including phenoxy) is 1. The molecular formula is C40H52N11O5S+. The second-order valence-corrected chi connectivity index (χ2v) is 16.9. The fourth-order valence-electron chi connectivity index (χ4n) is 6.66. The van der Waals surface area contributed by atoms with E-state index in [0.29, 0.717) is 83.7 Å². The number of likely N-dealkylation sites (N-methyl/N-ethyl adjacent to an activating group) is 1. The molecule has 0 aliphatic carbocycles. The molecule has 302 valence electrons. The van der Waals surface area contributed by atoms with E-state index in [0.717, 1.165) is 29.8 Å². The molecule has 17 heteroatoms. The van der Waals surface area contributed by atoms with E-state index in [1.807, 2.05) is 43.7 Å². The van der Waals surface area contributed by atoms with Crippen molar-refractivity contribution in [3.63, 3.8) is 0 Å². The predicted molar refractivity (Wildman–Crippen MR) is 221 cm³/mol. The summed E-state index contributed by atoms with van der Waals surface area (Å²) in [6.07, 6.45) is 6.93. The molecule has 1 fully saturated rings. The number of aromatic nitrogens is 7. The molecule has 0 spiro atoms. The highest BCUT2D eigenvalue weighted by atomic mass is 32.1. The number of tetrazole rings is 1. The first kappa shape index (κ1) is 41.1. The first-order valence-electron chi connectivity index (χ1n) is 19.1. The average Bonchev–Trinajstić information content (AvgIpc) is 3.84.